The lowest BCUT2D eigenvalue weighted by Crippen LogP contribution is -2.74. The molecule has 6 unspecified atom stereocenters. The Morgan fingerprint density at radius 2 is 1.02 bits per heavy atom. The van der Waals surface area contributed by atoms with Gasteiger partial charge in [-0.1, -0.05) is 124 Å². The van der Waals surface area contributed by atoms with Gasteiger partial charge in [-0.25, -0.2) is 0 Å². The maximum atomic E-state index is 2.67. The van der Waals surface area contributed by atoms with E-state index in [-0.39, 0.29) is 16.2 Å². The van der Waals surface area contributed by atoms with Gasteiger partial charge in [-0.2, -0.15) is 0 Å². The van der Waals surface area contributed by atoms with Gasteiger partial charge in [0.15, 0.2) is 0 Å². The van der Waals surface area contributed by atoms with Crippen molar-refractivity contribution in [2.24, 2.45) is 29.1 Å². The Morgan fingerprint density at radius 1 is 0.482 bits per heavy atom. The number of benzene rings is 6. The van der Waals surface area contributed by atoms with E-state index < -0.39 is 0 Å². The Balaban J connectivity index is 1.05. The fourth-order valence-electron chi connectivity index (χ4n) is 13.7. The predicted octanol–water partition coefficient (Wildman–Crippen LogP) is 14.7. The zero-order valence-corrected chi connectivity index (χ0v) is 34.0. The van der Waals surface area contributed by atoms with Crippen LogP contribution in [0.2, 0.25) is 0 Å². The van der Waals surface area contributed by atoms with E-state index in [1.165, 1.54) is 98.8 Å². The molecule has 1 nitrogen and oxygen atoms in total. The van der Waals surface area contributed by atoms with E-state index >= 15 is 0 Å². The van der Waals surface area contributed by atoms with E-state index in [4.69, 9.17) is 0 Å². The van der Waals surface area contributed by atoms with Crippen LogP contribution in [-0.4, -0.2) is 0 Å². The lowest BCUT2D eigenvalue weighted by atomic mass is 9.26. The summed E-state index contributed by atoms with van der Waals surface area (Å²) < 4.78 is 0. The van der Waals surface area contributed by atoms with Crippen molar-refractivity contribution in [1.82, 2.24) is 0 Å². The number of rotatable bonds is 5. The van der Waals surface area contributed by atoms with Crippen molar-refractivity contribution in [3.63, 3.8) is 0 Å². The SMILES string of the molecule is CC1(C)CCC(C)(C)c2cc(N(c3ccc(-c4ccccc4)cc3)c3ccc4c(c3)C3(c5cc(-c6ccccc6)ccc5S4)C4CC5CC6CC3C64C5)ccc21. The largest absolute Gasteiger partial charge is 0.310 e. The van der Waals surface area contributed by atoms with E-state index in [0.717, 1.165) is 23.7 Å². The summed E-state index contributed by atoms with van der Waals surface area (Å²) in [6.45, 7) is 9.79. The number of fused-ring (bicyclic) bond motifs is 8. The maximum absolute atomic E-state index is 2.67. The number of nitrogens with zero attached hydrogens (tertiary/aromatic N) is 1. The molecule has 6 aliphatic rings. The van der Waals surface area contributed by atoms with Crippen LogP contribution >= 0.6 is 11.8 Å². The first-order chi connectivity index (χ1) is 27.2. The van der Waals surface area contributed by atoms with Crippen LogP contribution in [-0.2, 0) is 16.2 Å². The second-order valence-electron chi connectivity index (χ2n) is 19.7. The van der Waals surface area contributed by atoms with Crippen molar-refractivity contribution in [3.8, 4) is 22.3 Å². The van der Waals surface area contributed by atoms with E-state index in [9.17, 15) is 0 Å². The topological polar surface area (TPSA) is 3.24 Å². The smallest absolute Gasteiger partial charge is 0.0465 e. The zero-order chi connectivity index (χ0) is 37.6. The molecule has 0 aromatic heterocycles. The molecule has 56 heavy (non-hydrogen) atoms. The molecule has 6 atom stereocenters. The maximum Gasteiger partial charge on any atom is 0.0465 e. The van der Waals surface area contributed by atoms with E-state index in [0.29, 0.717) is 5.41 Å². The molecule has 5 aliphatic carbocycles. The molecule has 0 saturated heterocycles. The highest BCUT2D eigenvalue weighted by Crippen LogP contribution is 2.89. The van der Waals surface area contributed by atoms with Gasteiger partial charge >= 0.3 is 0 Å². The molecule has 0 amide bonds. The highest BCUT2D eigenvalue weighted by molar-refractivity contribution is 7.99. The van der Waals surface area contributed by atoms with Crippen LogP contribution in [0.25, 0.3) is 22.3 Å². The van der Waals surface area contributed by atoms with Gasteiger partial charge in [-0.3, -0.25) is 0 Å². The Morgan fingerprint density at radius 3 is 1.71 bits per heavy atom. The van der Waals surface area contributed by atoms with Crippen molar-refractivity contribution < 1.29 is 0 Å². The van der Waals surface area contributed by atoms with Gasteiger partial charge in [-0.05, 0) is 178 Å². The Hall–Kier alpha value is -4.53. The average molecular weight is 746 g/mol. The minimum absolute atomic E-state index is 0.0765. The summed E-state index contributed by atoms with van der Waals surface area (Å²) in [7, 11) is 0. The number of anilines is 3. The number of hydrogen-bond donors (Lipinski definition) is 0. The molecule has 2 bridgehead atoms. The van der Waals surface area contributed by atoms with Gasteiger partial charge in [0.25, 0.3) is 0 Å². The highest BCUT2D eigenvalue weighted by Gasteiger charge is 2.84. The Bertz CT molecular complexity index is 2550. The van der Waals surface area contributed by atoms with E-state index in [2.05, 4.69) is 172 Å². The summed E-state index contributed by atoms with van der Waals surface area (Å²) in [4.78, 5) is 5.54. The third kappa shape index (κ3) is 4.40. The second-order valence-corrected chi connectivity index (χ2v) is 20.7. The van der Waals surface area contributed by atoms with E-state index in [1.54, 1.807) is 11.1 Å². The molecular weight excluding hydrogens is 695 g/mol. The molecule has 4 saturated carbocycles. The molecular formula is C54H51NS. The summed E-state index contributed by atoms with van der Waals surface area (Å²) in [5, 5.41) is 0. The first-order valence-electron chi connectivity index (χ1n) is 21.3. The molecule has 6 aromatic rings. The van der Waals surface area contributed by atoms with Gasteiger partial charge in [0.2, 0.25) is 0 Å². The molecule has 1 aliphatic heterocycles. The van der Waals surface area contributed by atoms with Crippen LogP contribution in [0.5, 0.6) is 0 Å². The minimum Gasteiger partial charge on any atom is -0.310 e. The molecule has 4 fully saturated rings. The second kappa shape index (κ2) is 11.5. The third-order valence-corrected chi connectivity index (χ3v) is 17.4. The lowest BCUT2D eigenvalue weighted by Gasteiger charge is -2.78. The molecule has 278 valence electrons. The van der Waals surface area contributed by atoms with Crippen LogP contribution in [0.1, 0.15) is 88.5 Å². The minimum atomic E-state index is 0.0765. The van der Waals surface area contributed by atoms with Crippen LogP contribution in [0.4, 0.5) is 17.1 Å². The normalized spacial score (nSPS) is 29.0. The Kier molecular flexibility index (Phi) is 6.92. The van der Waals surface area contributed by atoms with Gasteiger partial charge in [0.1, 0.15) is 0 Å². The first kappa shape index (κ1) is 33.6. The van der Waals surface area contributed by atoms with Crippen molar-refractivity contribution in [2.75, 3.05) is 4.90 Å². The van der Waals surface area contributed by atoms with Crippen LogP contribution in [0.15, 0.2) is 149 Å². The molecule has 0 N–H and O–H groups in total. The van der Waals surface area contributed by atoms with Gasteiger partial charge in [0.05, 0.1) is 0 Å². The molecule has 12 rings (SSSR count). The first-order valence-corrected chi connectivity index (χ1v) is 22.1. The van der Waals surface area contributed by atoms with Crippen LogP contribution in [0.3, 0.4) is 0 Å². The molecule has 6 aromatic carbocycles. The predicted molar refractivity (Wildman–Crippen MR) is 233 cm³/mol. The average Bonchev–Trinajstić information content (AvgIpc) is 3.76. The fourth-order valence-corrected chi connectivity index (χ4v) is 14.8. The van der Waals surface area contributed by atoms with Crippen LogP contribution < -0.4 is 4.90 Å². The van der Waals surface area contributed by atoms with Gasteiger partial charge in [0, 0.05) is 32.3 Å². The van der Waals surface area contributed by atoms with E-state index in [1.807, 2.05) is 11.8 Å². The zero-order valence-electron chi connectivity index (χ0n) is 33.2. The quantitative estimate of drug-likeness (QED) is 0.173. The fraction of sp³-hybridized carbons (Fsp3) is 0.333. The number of hydrogen-bond acceptors (Lipinski definition) is 2. The summed E-state index contributed by atoms with van der Waals surface area (Å²) >= 11 is 2.02. The summed E-state index contributed by atoms with van der Waals surface area (Å²) in [6.07, 6.45) is 8.19. The summed E-state index contributed by atoms with van der Waals surface area (Å²) in [5.74, 6) is 3.34. The monoisotopic (exact) mass is 745 g/mol. The standard InChI is InChI=1S/C54H51NS/c1-51(2)25-26-52(3,4)44-31-41(20-22-43(44)51)55(40-18-15-37(16-19-40)35-11-7-5-8-12-35)42-21-24-48-46(32-42)54(49-28-34-27-39-30-50(54)53(39,49)33-34)45-29-38(17-23-47(45)56-48)36-13-9-6-10-14-36/h5-24,29,31-32,34,39,49-50H,25-28,30,33H2,1-4H3. The molecule has 0 radical (unpaired) electrons. The van der Waals surface area contributed by atoms with Crippen LogP contribution in [0, 0.1) is 29.1 Å². The van der Waals surface area contributed by atoms with Crippen molar-refractivity contribution in [3.05, 3.63) is 162 Å². The third-order valence-electron chi connectivity index (χ3n) is 16.3. The Labute approximate surface area is 337 Å². The molecule has 2 spiro atoms. The molecule has 2 heteroatoms. The lowest BCUT2D eigenvalue weighted by molar-refractivity contribution is -0.235. The highest BCUT2D eigenvalue weighted by atomic mass is 32.2. The van der Waals surface area contributed by atoms with Gasteiger partial charge < -0.3 is 4.90 Å². The van der Waals surface area contributed by atoms with Crippen molar-refractivity contribution >= 4 is 28.8 Å². The van der Waals surface area contributed by atoms with Crippen molar-refractivity contribution in [2.45, 2.75) is 92.3 Å². The summed E-state index contributed by atoms with van der Waals surface area (Å²) in [5.41, 5.74) is 16.2. The molecule has 1 heterocycles. The van der Waals surface area contributed by atoms with Gasteiger partial charge in [-0.15, -0.1) is 0 Å². The summed E-state index contributed by atoms with van der Waals surface area (Å²) in [6, 6.07) is 53.8. The van der Waals surface area contributed by atoms with Crippen molar-refractivity contribution in [1.29, 1.82) is 0 Å².